The van der Waals surface area contributed by atoms with Crippen molar-refractivity contribution < 1.29 is 14.3 Å². The first-order chi connectivity index (χ1) is 10.7. The highest BCUT2D eigenvalue weighted by Gasteiger charge is 2.56. The molecule has 0 aromatic rings. The molecule has 5 nitrogen and oxygen atoms in total. The maximum absolute atomic E-state index is 12.6. The fourth-order valence-corrected chi connectivity index (χ4v) is 4.13. The molecule has 0 bridgehead atoms. The van der Waals surface area contributed by atoms with Gasteiger partial charge in [0.2, 0.25) is 0 Å². The van der Waals surface area contributed by atoms with E-state index < -0.39 is 0 Å². The number of nitrogens with one attached hydrogen (secondary N) is 1. The Morgan fingerprint density at radius 1 is 1.50 bits per heavy atom. The van der Waals surface area contributed by atoms with Gasteiger partial charge in [-0.05, 0) is 39.5 Å². The molecule has 22 heavy (non-hydrogen) atoms. The van der Waals surface area contributed by atoms with E-state index in [0.717, 1.165) is 58.6 Å². The lowest BCUT2D eigenvalue weighted by Crippen LogP contribution is -2.67. The van der Waals surface area contributed by atoms with Crippen molar-refractivity contribution >= 4 is 6.03 Å². The maximum Gasteiger partial charge on any atom is 0.317 e. The van der Waals surface area contributed by atoms with E-state index in [2.05, 4.69) is 18.3 Å². The van der Waals surface area contributed by atoms with Gasteiger partial charge in [0.05, 0.1) is 6.10 Å². The molecule has 2 amide bonds. The second-order valence-electron chi connectivity index (χ2n) is 6.79. The van der Waals surface area contributed by atoms with Crippen molar-refractivity contribution in [2.45, 2.75) is 51.7 Å². The van der Waals surface area contributed by atoms with Crippen LogP contribution in [0.2, 0.25) is 0 Å². The van der Waals surface area contributed by atoms with Gasteiger partial charge in [-0.1, -0.05) is 11.6 Å². The first kappa shape index (κ1) is 15.8. The molecular formula is C17H28N2O3. The minimum absolute atomic E-state index is 0.0817. The number of carbonyl (C=O) groups is 1. The summed E-state index contributed by atoms with van der Waals surface area (Å²) in [4.78, 5) is 14.5. The monoisotopic (exact) mass is 308 g/mol. The van der Waals surface area contributed by atoms with E-state index in [4.69, 9.17) is 9.47 Å². The summed E-state index contributed by atoms with van der Waals surface area (Å²) in [5.74, 6) is 0. The van der Waals surface area contributed by atoms with Crippen LogP contribution >= 0.6 is 0 Å². The predicted octanol–water partition coefficient (Wildman–Crippen LogP) is 2.32. The van der Waals surface area contributed by atoms with Crippen molar-refractivity contribution in [1.29, 1.82) is 0 Å². The van der Waals surface area contributed by atoms with Crippen LogP contribution in [-0.2, 0) is 9.47 Å². The van der Waals surface area contributed by atoms with E-state index in [1.54, 1.807) is 0 Å². The third kappa shape index (κ3) is 2.88. The number of urea groups is 1. The van der Waals surface area contributed by atoms with Crippen LogP contribution in [0.3, 0.4) is 0 Å². The average Bonchev–Trinajstić information content (AvgIpc) is 2.54. The van der Waals surface area contributed by atoms with Crippen LogP contribution in [0.15, 0.2) is 11.6 Å². The first-order valence-electron chi connectivity index (χ1n) is 8.56. The van der Waals surface area contributed by atoms with Gasteiger partial charge in [0.25, 0.3) is 0 Å². The summed E-state index contributed by atoms with van der Waals surface area (Å²) in [5.41, 5.74) is 1.37. The zero-order chi connectivity index (χ0) is 15.6. The molecule has 3 aliphatic rings. The molecule has 2 aliphatic heterocycles. The maximum atomic E-state index is 12.6. The molecule has 1 saturated heterocycles. The third-order valence-electron chi connectivity index (χ3n) is 5.49. The van der Waals surface area contributed by atoms with E-state index >= 15 is 0 Å². The zero-order valence-corrected chi connectivity index (χ0v) is 13.8. The lowest BCUT2D eigenvalue weighted by molar-refractivity contribution is -0.170. The zero-order valence-electron chi connectivity index (χ0n) is 13.8. The van der Waals surface area contributed by atoms with Gasteiger partial charge < -0.3 is 19.7 Å². The molecule has 0 aromatic heterocycles. The van der Waals surface area contributed by atoms with Crippen LogP contribution in [0.25, 0.3) is 0 Å². The molecule has 1 N–H and O–H groups in total. The van der Waals surface area contributed by atoms with Gasteiger partial charge >= 0.3 is 6.03 Å². The number of nitrogens with zero attached hydrogens (tertiary/aromatic N) is 1. The molecule has 2 fully saturated rings. The molecule has 0 unspecified atom stereocenters. The van der Waals surface area contributed by atoms with Crippen LogP contribution in [0, 0.1) is 5.41 Å². The largest absolute Gasteiger partial charge is 0.381 e. The Morgan fingerprint density at radius 3 is 2.95 bits per heavy atom. The average molecular weight is 308 g/mol. The summed E-state index contributed by atoms with van der Waals surface area (Å²) in [5, 5.41) is 3.28. The highest BCUT2D eigenvalue weighted by Crippen LogP contribution is 2.50. The van der Waals surface area contributed by atoms with Crippen LogP contribution in [0.4, 0.5) is 4.79 Å². The molecule has 124 valence electrons. The molecule has 3 rings (SSSR count). The lowest BCUT2D eigenvalue weighted by atomic mass is 9.57. The van der Waals surface area contributed by atoms with E-state index in [1.165, 1.54) is 5.57 Å². The minimum Gasteiger partial charge on any atom is -0.381 e. The number of amides is 2. The molecule has 0 aromatic carbocycles. The highest BCUT2D eigenvalue weighted by molar-refractivity contribution is 5.75. The number of hydrogen-bond donors (Lipinski definition) is 1. The van der Waals surface area contributed by atoms with Crippen LogP contribution in [0.5, 0.6) is 0 Å². The van der Waals surface area contributed by atoms with Gasteiger partial charge in [0.15, 0.2) is 0 Å². The van der Waals surface area contributed by atoms with Crippen molar-refractivity contribution in [2.75, 3.05) is 32.9 Å². The van der Waals surface area contributed by atoms with Crippen molar-refractivity contribution in [3.8, 4) is 0 Å². The third-order valence-corrected chi connectivity index (χ3v) is 5.49. The smallest absolute Gasteiger partial charge is 0.317 e. The van der Waals surface area contributed by atoms with Gasteiger partial charge in [0, 0.05) is 44.4 Å². The minimum atomic E-state index is 0.0817. The van der Waals surface area contributed by atoms with Crippen molar-refractivity contribution in [3.05, 3.63) is 11.6 Å². The quantitative estimate of drug-likeness (QED) is 0.814. The summed E-state index contributed by atoms with van der Waals surface area (Å²) in [6, 6.07) is 0.310. The summed E-state index contributed by atoms with van der Waals surface area (Å²) in [7, 11) is 0. The molecular weight excluding hydrogens is 280 g/mol. The molecule has 2 heterocycles. The van der Waals surface area contributed by atoms with Gasteiger partial charge in [-0.25, -0.2) is 4.79 Å². The standard InChI is InChI=1S/C17H28N2O3/c1-3-22-15-11-14(17(15)6-9-21-10-7-17)18-16(20)19-8-4-5-13(2)12-19/h5,14-15H,3-4,6-12H2,1-2H3,(H,18,20)/t14-,15+/m0/s1. The number of carbonyl (C=O) groups excluding carboxylic acids is 1. The van der Waals surface area contributed by atoms with E-state index in [-0.39, 0.29) is 23.6 Å². The first-order valence-corrected chi connectivity index (χ1v) is 8.56. The van der Waals surface area contributed by atoms with Gasteiger partial charge in [-0.15, -0.1) is 0 Å². The normalized spacial score (nSPS) is 30.6. The lowest BCUT2D eigenvalue weighted by Gasteiger charge is -2.57. The second kappa shape index (κ2) is 6.59. The molecule has 5 heteroatoms. The summed E-state index contributed by atoms with van der Waals surface area (Å²) in [6.45, 7) is 8.01. The fraction of sp³-hybridized carbons (Fsp3) is 0.824. The molecule has 0 radical (unpaired) electrons. The predicted molar refractivity (Wildman–Crippen MR) is 84.8 cm³/mol. The van der Waals surface area contributed by atoms with Crippen LogP contribution in [-0.4, -0.2) is 56.0 Å². The molecule has 1 saturated carbocycles. The van der Waals surface area contributed by atoms with E-state index in [0.29, 0.717) is 0 Å². The van der Waals surface area contributed by atoms with Crippen molar-refractivity contribution in [1.82, 2.24) is 10.2 Å². The van der Waals surface area contributed by atoms with E-state index in [1.807, 2.05) is 11.8 Å². The number of hydrogen-bond acceptors (Lipinski definition) is 3. The SMILES string of the molecule is CCO[C@@H]1C[C@H](NC(=O)N2CCC=C(C)C2)C12CCOCC2. The summed E-state index contributed by atoms with van der Waals surface area (Å²) < 4.78 is 11.4. The summed E-state index contributed by atoms with van der Waals surface area (Å²) >= 11 is 0. The van der Waals surface area contributed by atoms with Crippen molar-refractivity contribution in [2.24, 2.45) is 5.41 Å². The van der Waals surface area contributed by atoms with Crippen LogP contribution < -0.4 is 5.32 Å². The van der Waals surface area contributed by atoms with Gasteiger partial charge in [-0.2, -0.15) is 0 Å². The highest BCUT2D eigenvalue weighted by atomic mass is 16.5. The Morgan fingerprint density at radius 2 is 2.27 bits per heavy atom. The van der Waals surface area contributed by atoms with Gasteiger partial charge in [-0.3, -0.25) is 0 Å². The summed E-state index contributed by atoms with van der Waals surface area (Å²) in [6.07, 6.45) is 6.36. The fourth-order valence-electron chi connectivity index (χ4n) is 4.13. The molecule has 1 aliphatic carbocycles. The van der Waals surface area contributed by atoms with Crippen LogP contribution in [0.1, 0.15) is 39.5 Å². The topological polar surface area (TPSA) is 50.8 Å². The van der Waals surface area contributed by atoms with Crippen molar-refractivity contribution in [3.63, 3.8) is 0 Å². The Hall–Kier alpha value is -1.07. The molecule has 1 spiro atoms. The Bertz CT molecular complexity index is 443. The Balaban J connectivity index is 1.62. The number of ether oxygens (including phenoxy) is 2. The second-order valence-corrected chi connectivity index (χ2v) is 6.79. The van der Waals surface area contributed by atoms with Gasteiger partial charge in [0.1, 0.15) is 0 Å². The Kier molecular flexibility index (Phi) is 4.73. The number of rotatable bonds is 3. The molecule has 2 atom stereocenters. The Labute approximate surface area is 133 Å². The van der Waals surface area contributed by atoms with E-state index in [9.17, 15) is 4.79 Å².